The number of nitrogens with zero attached hydrogens (tertiary/aromatic N) is 3. The summed E-state index contributed by atoms with van der Waals surface area (Å²) in [7, 11) is -0.439. The maximum Gasteiger partial charge on any atom is 0.228 e. The Bertz CT molecular complexity index is 1340. The minimum Gasteiger partial charge on any atom is -0.497 e. The molecule has 0 spiro atoms. The van der Waals surface area contributed by atoms with Crippen LogP contribution in [0.1, 0.15) is 19.3 Å². The van der Waals surface area contributed by atoms with E-state index in [1.165, 1.54) is 30.6 Å². The third-order valence-corrected chi connectivity index (χ3v) is 9.74. The topological polar surface area (TPSA) is 98.3 Å². The van der Waals surface area contributed by atoms with E-state index in [9.17, 15) is 13.2 Å². The predicted molar refractivity (Wildman–Crippen MR) is 150 cm³/mol. The van der Waals surface area contributed by atoms with Gasteiger partial charge in [0.05, 0.1) is 47.8 Å². The highest BCUT2D eigenvalue weighted by atomic mass is 35.5. The van der Waals surface area contributed by atoms with Gasteiger partial charge in [0.25, 0.3) is 0 Å². The second-order valence-corrected chi connectivity index (χ2v) is 12.4. The molecule has 4 rings (SSSR count). The molecule has 0 saturated carbocycles. The van der Waals surface area contributed by atoms with Crippen molar-refractivity contribution >= 4 is 54.0 Å². The molecule has 1 aliphatic heterocycles. The highest BCUT2D eigenvalue weighted by Crippen LogP contribution is 2.39. The number of hydrogen-bond acceptors (Lipinski definition) is 9. The molecule has 2 heterocycles. The van der Waals surface area contributed by atoms with E-state index in [4.69, 9.17) is 30.8 Å². The zero-order valence-electron chi connectivity index (χ0n) is 21.5. The number of hydrogen-bond donors (Lipinski definition) is 0. The zero-order chi connectivity index (χ0) is 27.1. The van der Waals surface area contributed by atoms with Crippen molar-refractivity contribution in [2.75, 3.05) is 64.3 Å². The molecule has 12 heteroatoms. The molecule has 9 nitrogen and oxygen atoms in total. The first-order valence-corrected chi connectivity index (χ1v) is 15.3. The summed E-state index contributed by atoms with van der Waals surface area (Å²) in [6.07, 6.45) is 1.02. The Morgan fingerprint density at radius 2 is 1.84 bits per heavy atom. The number of thiazole rings is 1. The van der Waals surface area contributed by atoms with Crippen LogP contribution in [0.5, 0.6) is 11.5 Å². The first-order valence-electron chi connectivity index (χ1n) is 12.4. The molecule has 206 valence electrons. The molecule has 2 aromatic carbocycles. The number of amides is 1. The maximum absolute atomic E-state index is 13.4. The zero-order valence-corrected chi connectivity index (χ0v) is 23.9. The summed E-state index contributed by atoms with van der Waals surface area (Å²) in [5.74, 6) is 0.857. The van der Waals surface area contributed by atoms with Gasteiger partial charge >= 0.3 is 0 Å². The number of halogens is 1. The number of benzene rings is 2. The average Bonchev–Trinajstić information content (AvgIpc) is 3.38. The third-order valence-electron chi connectivity index (χ3n) is 6.38. The normalized spacial score (nSPS) is 14.5. The molecule has 1 fully saturated rings. The van der Waals surface area contributed by atoms with Crippen molar-refractivity contribution in [2.24, 2.45) is 0 Å². The van der Waals surface area contributed by atoms with Crippen molar-refractivity contribution in [1.82, 2.24) is 9.88 Å². The molecule has 0 unspecified atom stereocenters. The molecule has 1 amide bonds. The molecule has 3 aromatic rings. The molecule has 1 saturated heterocycles. The number of morpholine rings is 1. The summed E-state index contributed by atoms with van der Waals surface area (Å²) in [6.45, 7) is 4.44. The van der Waals surface area contributed by atoms with Gasteiger partial charge in [0.1, 0.15) is 17.0 Å². The molecular weight excluding hydrogens is 550 g/mol. The van der Waals surface area contributed by atoms with Crippen LogP contribution in [-0.2, 0) is 19.4 Å². The summed E-state index contributed by atoms with van der Waals surface area (Å²) in [5.41, 5.74) is 0.605. The lowest BCUT2D eigenvalue weighted by molar-refractivity contribution is -0.118. The molecule has 0 radical (unpaired) electrons. The van der Waals surface area contributed by atoms with Crippen molar-refractivity contribution in [2.45, 2.75) is 24.2 Å². The number of carbonyl (C=O) groups is 1. The van der Waals surface area contributed by atoms with Gasteiger partial charge < -0.3 is 14.2 Å². The predicted octanol–water partition coefficient (Wildman–Crippen LogP) is 4.28. The number of sulfone groups is 1. The van der Waals surface area contributed by atoms with Gasteiger partial charge in [-0.1, -0.05) is 22.9 Å². The van der Waals surface area contributed by atoms with E-state index < -0.39 is 9.84 Å². The van der Waals surface area contributed by atoms with Crippen LogP contribution in [-0.4, -0.2) is 83.6 Å². The standard InChI is InChI=1S/C26H32ClN3O6S2/c1-34-19-6-8-20(9-7-19)38(32,33)18-3-5-23(31)30(13-4-12-29-14-16-36-17-15-29)26-28-24-22(35-2)11-10-21(27)25(24)37-26/h6-11H,3-5,12-18H2,1-2H3. The van der Waals surface area contributed by atoms with Gasteiger partial charge in [-0.25, -0.2) is 13.4 Å². The Kier molecular flexibility index (Phi) is 9.83. The van der Waals surface area contributed by atoms with Gasteiger partial charge in [0.2, 0.25) is 5.91 Å². The van der Waals surface area contributed by atoms with E-state index in [1.54, 1.807) is 36.3 Å². The van der Waals surface area contributed by atoms with Gasteiger partial charge in [-0.15, -0.1) is 0 Å². The lowest BCUT2D eigenvalue weighted by Gasteiger charge is -2.27. The van der Waals surface area contributed by atoms with Crippen LogP contribution in [0.25, 0.3) is 10.2 Å². The van der Waals surface area contributed by atoms with E-state index in [1.807, 2.05) is 0 Å². The Balaban J connectivity index is 1.47. The van der Waals surface area contributed by atoms with Crippen LogP contribution in [0.15, 0.2) is 41.3 Å². The number of ether oxygens (including phenoxy) is 3. The minimum absolute atomic E-state index is 0.0771. The molecule has 1 aromatic heterocycles. The fourth-order valence-corrected chi connectivity index (χ4v) is 6.89. The van der Waals surface area contributed by atoms with Crippen molar-refractivity contribution in [3.63, 3.8) is 0 Å². The molecule has 38 heavy (non-hydrogen) atoms. The van der Waals surface area contributed by atoms with Gasteiger partial charge in [-0.2, -0.15) is 0 Å². The van der Waals surface area contributed by atoms with Crippen molar-refractivity contribution in [3.05, 3.63) is 41.4 Å². The summed E-state index contributed by atoms with van der Waals surface area (Å²) in [6, 6.07) is 9.77. The number of fused-ring (bicyclic) bond motifs is 1. The quantitative estimate of drug-likeness (QED) is 0.313. The Hall–Kier alpha value is -2.44. The number of carbonyl (C=O) groups excluding carboxylic acids is 1. The smallest absolute Gasteiger partial charge is 0.228 e. The van der Waals surface area contributed by atoms with E-state index in [2.05, 4.69) is 4.90 Å². The molecule has 0 bridgehead atoms. The Labute approximate surface area is 232 Å². The van der Waals surface area contributed by atoms with Crippen molar-refractivity contribution in [1.29, 1.82) is 0 Å². The molecule has 0 atom stereocenters. The van der Waals surface area contributed by atoms with Crippen LogP contribution in [0.4, 0.5) is 5.13 Å². The van der Waals surface area contributed by atoms with Crippen molar-refractivity contribution < 1.29 is 27.4 Å². The summed E-state index contributed by atoms with van der Waals surface area (Å²) >= 11 is 7.75. The lowest BCUT2D eigenvalue weighted by atomic mass is 10.2. The molecule has 0 N–H and O–H groups in total. The molecule has 0 aliphatic carbocycles. The lowest BCUT2D eigenvalue weighted by Crippen LogP contribution is -2.39. The van der Waals surface area contributed by atoms with Gasteiger partial charge in [0.15, 0.2) is 15.0 Å². The van der Waals surface area contributed by atoms with E-state index in [0.29, 0.717) is 46.9 Å². The average molecular weight is 582 g/mol. The number of aromatic nitrogens is 1. The fourth-order valence-electron chi connectivity index (χ4n) is 4.27. The van der Waals surface area contributed by atoms with E-state index in [0.717, 1.165) is 30.8 Å². The van der Waals surface area contributed by atoms with Crippen LogP contribution in [0.2, 0.25) is 5.02 Å². The van der Waals surface area contributed by atoms with Crippen LogP contribution >= 0.6 is 22.9 Å². The fraction of sp³-hybridized carbons (Fsp3) is 0.462. The summed E-state index contributed by atoms with van der Waals surface area (Å²) < 4.78 is 42.3. The first-order chi connectivity index (χ1) is 18.3. The van der Waals surface area contributed by atoms with E-state index in [-0.39, 0.29) is 29.4 Å². The number of anilines is 1. The Morgan fingerprint density at radius 3 is 2.53 bits per heavy atom. The Morgan fingerprint density at radius 1 is 1.11 bits per heavy atom. The van der Waals surface area contributed by atoms with Crippen molar-refractivity contribution in [3.8, 4) is 11.5 Å². The minimum atomic E-state index is -3.53. The second kappa shape index (κ2) is 13.1. The highest BCUT2D eigenvalue weighted by molar-refractivity contribution is 7.91. The SMILES string of the molecule is COc1ccc(S(=O)(=O)CCCC(=O)N(CCCN2CCOCC2)c2nc3c(OC)ccc(Cl)c3s2)cc1. The van der Waals surface area contributed by atoms with Gasteiger partial charge in [0, 0.05) is 32.6 Å². The highest BCUT2D eigenvalue weighted by Gasteiger charge is 2.23. The second-order valence-electron chi connectivity index (χ2n) is 8.87. The summed E-state index contributed by atoms with van der Waals surface area (Å²) in [5, 5.41) is 1.06. The van der Waals surface area contributed by atoms with Gasteiger partial charge in [-0.05, 0) is 49.2 Å². The van der Waals surface area contributed by atoms with Crippen LogP contribution in [0.3, 0.4) is 0 Å². The largest absolute Gasteiger partial charge is 0.497 e. The number of rotatable bonds is 12. The van der Waals surface area contributed by atoms with Crippen LogP contribution in [0, 0.1) is 0 Å². The monoisotopic (exact) mass is 581 g/mol. The molecule has 1 aliphatic rings. The maximum atomic E-state index is 13.4. The van der Waals surface area contributed by atoms with Gasteiger partial charge in [-0.3, -0.25) is 14.6 Å². The third kappa shape index (κ3) is 6.95. The summed E-state index contributed by atoms with van der Waals surface area (Å²) in [4.78, 5) is 22.3. The van der Waals surface area contributed by atoms with E-state index >= 15 is 0 Å². The number of methoxy groups -OCH3 is 2. The first kappa shape index (κ1) is 28.6. The van der Waals surface area contributed by atoms with Crippen LogP contribution < -0.4 is 14.4 Å². The molecular formula is C26H32ClN3O6S2.